The molecule has 1 heterocycles. The van der Waals surface area contributed by atoms with Crippen LogP contribution >= 0.6 is 0 Å². The molecule has 2 aromatic rings. The van der Waals surface area contributed by atoms with Crippen LogP contribution in [0.1, 0.15) is 24.5 Å². The van der Waals surface area contributed by atoms with E-state index in [-0.39, 0.29) is 5.91 Å². The van der Waals surface area contributed by atoms with Crippen molar-refractivity contribution in [1.82, 2.24) is 10.3 Å². The average molecular weight is 394 g/mol. The van der Waals surface area contributed by atoms with Crippen LogP contribution in [-0.2, 0) is 16.0 Å². The molecule has 152 valence electrons. The van der Waals surface area contributed by atoms with E-state index >= 15 is 0 Å². The van der Waals surface area contributed by atoms with Crippen molar-refractivity contribution in [2.75, 3.05) is 19.0 Å². The SMILES string of the molecule is CC(=O)N1N=C(c2ccc(N(C)C)cc2)CC1NC(Cc1ccccc1)C(=O)O. The maximum absolute atomic E-state index is 12.1. The number of nitrogens with one attached hydrogen (secondary N) is 1. The summed E-state index contributed by atoms with van der Waals surface area (Å²) < 4.78 is 0. The summed E-state index contributed by atoms with van der Waals surface area (Å²) in [6.45, 7) is 1.43. The average Bonchev–Trinajstić information content (AvgIpc) is 3.12. The summed E-state index contributed by atoms with van der Waals surface area (Å²) in [7, 11) is 3.94. The molecule has 0 fully saturated rings. The van der Waals surface area contributed by atoms with Crippen LogP contribution in [0, 0.1) is 0 Å². The number of aliphatic carboxylic acids is 1. The Morgan fingerprint density at radius 3 is 2.38 bits per heavy atom. The van der Waals surface area contributed by atoms with Gasteiger partial charge in [0, 0.05) is 33.1 Å². The van der Waals surface area contributed by atoms with E-state index in [1.165, 1.54) is 11.9 Å². The summed E-state index contributed by atoms with van der Waals surface area (Å²) in [6, 6.07) is 16.5. The molecule has 2 unspecified atom stereocenters. The fourth-order valence-corrected chi connectivity index (χ4v) is 3.36. The van der Waals surface area contributed by atoms with Crippen molar-refractivity contribution in [1.29, 1.82) is 0 Å². The fraction of sp³-hybridized carbons (Fsp3) is 0.318. The molecule has 29 heavy (non-hydrogen) atoms. The standard InChI is InChI=1S/C22H26N4O3/c1-15(27)26-21(23-20(22(28)29)13-16-7-5-4-6-8-16)14-19(24-26)17-9-11-18(12-10-17)25(2)3/h4-12,20-21,23H,13-14H2,1-3H3,(H,28,29). The minimum absolute atomic E-state index is 0.230. The molecular weight excluding hydrogens is 368 g/mol. The van der Waals surface area contributed by atoms with Crippen molar-refractivity contribution in [3.05, 3.63) is 65.7 Å². The lowest BCUT2D eigenvalue weighted by Crippen LogP contribution is -2.51. The van der Waals surface area contributed by atoms with E-state index in [0.717, 1.165) is 22.5 Å². The monoisotopic (exact) mass is 394 g/mol. The molecule has 0 bridgehead atoms. The van der Waals surface area contributed by atoms with Crippen LogP contribution in [-0.4, -0.2) is 54.0 Å². The number of anilines is 1. The summed E-state index contributed by atoms with van der Waals surface area (Å²) in [5.74, 6) is -1.19. The molecule has 2 aromatic carbocycles. The highest BCUT2D eigenvalue weighted by Crippen LogP contribution is 2.22. The van der Waals surface area contributed by atoms with Crippen LogP contribution in [0.25, 0.3) is 0 Å². The molecule has 1 aliphatic heterocycles. The molecule has 0 aromatic heterocycles. The Morgan fingerprint density at radius 1 is 1.17 bits per heavy atom. The minimum atomic E-state index is -0.957. The predicted octanol–water partition coefficient (Wildman–Crippen LogP) is 2.32. The van der Waals surface area contributed by atoms with E-state index in [4.69, 9.17) is 0 Å². The van der Waals surface area contributed by atoms with Crippen molar-refractivity contribution in [2.24, 2.45) is 5.10 Å². The normalized spacial score (nSPS) is 17.0. The zero-order chi connectivity index (χ0) is 21.0. The van der Waals surface area contributed by atoms with Crippen molar-refractivity contribution in [2.45, 2.75) is 32.0 Å². The van der Waals surface area contributed by atoms with Gasteiger partial charge < -0.3 is 10.0 Å². The number of nitrogens with zero attached hydrogens (tertiary/aromatic N) is 3. The van der Waals surface area contributed by atoms with Crippen molar-refractivity contribution >= 4 is 23.3 Å². The Bertz CT molecular complexity index is 894. The fourth-order valence-electron chi connectivity index (χ4n) is 3.36. The van der Waals surface area contributed by atoms with Crippen molar-refractivity contribution < 1.29 is 14.7 Å². The van der Waals surface area contributed by atoms with Crippen molar-refractivity contribution in [3.8, 4) is 0 Å². The van der Waals surface area contributed by atoms with E-state index in [1.54, 1.807) is 0 Å². The quantitative estimate of drug-likeness (QED) is 0.753. The third-order valence-electron chi connectivity index (χ3n) is 4.92. The summed E-state index contributed by atoms with van der Waals surface area (Å²) in [4.78, 5) is 25.9. The summed E-state index contributed by atoms with van der Waals surface area (Å²) in [6.07, 6.45) is 0.269. The number of carboxylic acids is 1. The maximum atomic E-state index is 12.1. The smallest absolute Gasteiger partial charge is 0.321 e. The van der Waals surface area contributed by atoms with Gasteiger partial charge in [-0.05, 0) is 29.7 Å². The first-order valence-corrected chi connectivity index (χ1v) is 9.53. The molecule has 1 aliphatic rings. The minimum Gasteiger partial charge on any atom is -0.480 e. The molecule has 7 heteroatoms. The van der Waals surface area contributed by atoms with Gasteiger partial charge in [0.1, 0.15) is 12.2 Å². The van der Waals surface area contributed by atoms with Crippen molar-refractivity contribution in [3.63, 3.8) is 0 Å². The van der Waals surface area contributed by atoms with Gasteiger partial charge in [0.15, 0.2) is 0 Å². The van der Waals surface area contributed by atoms with Gasteiger partial charge in [-0.15, -0.1) is 0 Å². The number of hydrazone groups is 1. The molecule has 7 nitrogen and oxygen atoms in total. The first-order valence-electron chi connectivity index (χ1n) is 9.53. The molecule has 0 spiro atoms. The second kappa shape index (κ2) is 8.87. The van der Waals surface area contributed by atoms with E-state index in [9.17, 15) is 14.7 Å². The van der Waals surface area contributed by atoms with Gasteiger partial charge in [0.2, 0.25) is 5.91 Å². The number of carbonyl (C=O) groups excluding carboxylic acids is 1. The third kappa shape index (κ3) is 5.00. The van der Waals surface area contributed by atoms with Gasteiger partial charge in [-0.1, -0.05) is 42.5 Å². The zero-order valence-corrected chi connectivity index (χ0v) is 16.9. The van der Waals surface area contributed by atoms with E-state index < -0.39 is 18.2 Å². The largest absolute Gasteiger partial charge is 0.480 e. The molecule has 2 N–H and O–H groups in total. The number of hydrogen-bond donors (Lipinski definition) is 2. The first kappa shape index (κ1) is 20.5. The third-order valence-corrected chi connectivity index (χ3v) is 4.92. The van der Waals surface area contributed by atoms with Gasteiger partial charge in [-0.25, -0.2) is 5.01 Å². The first-order chi connectivity index (χ1) is 13.8. The highest BCUT2D eigenvalue weighted by atomic mass is 16.4. The Labute approximate surface area is 170 Å². The lowest BCUT2D eigenvalue weighted by atomic mass is 10.0. The number of carboxylic acid groups (broad SMARTS) is 1. The molecule has 2 atom stereocenters. The molecule has 1 amide bonds. The lowest BCUT2D eigenvalue weighted by Gasteiger charge is -2.25. The van der Waals surface area contributed by atoms with Gasteiger partial charge in [-0.3, -0.25) is 14.9 Å². The Hall–Kier alpha value is -3.19. The molecule has 3 rings (SSSR count). The number of benzene rings is 2. The topological polar surface area (TPSA) is 85.2 Å². The van der Waals surface area contributed by atoms with Crippen LogP contribution in [0.3, 0.4) is 0 Å². The lowest BCUT2D eigenvalue weighted by molar-refractivity contribution is -0.141. The number of rotatable bonds is 7. The Morgan fingerprint density at radius 2 is 1.83 bits per heavy atom. The van der Waals surface area contributed by atoms with Gasteiger partial charge in [0.05, 0.1) is 5.71 Å². The highest BCUT2D eigenvalue weighted by Gasteiger charge is 2.33. The van der Waals surface area contributed by atoms with E-state index in [0.29, 0.717) is 12.8 Å². The van der Waals surface area contributed by atoms with Crippen LogP contribution in [0.15, 0.2) is 59.7 Å². The predicted molar refractivity (Wildman–Crippen MR) is 113 cm³/mol. The second-order valence-electron chi connectivity index (χ2n) is 7.32. The zero-order valence-electron chi connectivity index (χ0n) is 16.9. The second-order valence-corrected chi connectivity index (χ2v) is 7.32. The molecule has 0 radical (unpaired) electrons. The van der Waals surface area contributed by atoms with E-state index in [2.05, 4.69) is 10.4 Å². The number of amides is 1. The summed E-state index contributed by atoms with van der Waals surface area (Å²) >= 11 is 0. The van der Waals surface area contributed by atoms with Crippen LogP contribution in [0.5, 0.6) is 0 Å². The Kier molecular flexibility index (Phi) is 6.29. The maximum Gasteiger partial charge on any atom is 0.321 e. The summed E-state index contributed by atoms with van der Waals surface area (Å²) in [5, 5.41) is 18.6. The van der Waals surface area contributed by atoms with Gasteiger partial charge >= 0.3 is 5.97 Å². The molecule has 0 saturated heterocycles. The van der Waals surface area contributed by atoms with Crippen LogP contribution in [0.4, 0.5) is 5.69 Å². The highest BCUT2D eigenvalue weighted by molar-refractivity contribution is 6.03. The summed E-state index contributed by atoms with van der Waals surface area (Å²) in [5.41, 5.74) is 3.66. The number of hydrogen-bond acceptors (Lipinski definition) is 5. The molecule has 0 aliphatic carbocycles. The number of carbonyl (C=O) groups is 2. The van der Waals surface area contributed by atoms with Crippen LogP contribution < -0.4 is 10.2 Å². The van der Waals surface area contributed by atoms with E-state index in [1.807, 2.05) is 73.6 Å². The molecular formula is C22H26N4O3. The van der Waals surface area contributed by atoms with Gasteiger partial charge in [0.25, 0.3) is 0 Å². The Balaban J connectivity index is 1.76. The molecule has 0 saturated carbocycles. The van der Waals surface area contributed by atoms with Gasteiger partial charge in [-0.2, -0.15) is 5.10 Å². The van der Waals surface area contributed by atoms with Crippen LogP contribution in [0.2, 0.25) is 0 Å².